The Hall–Kier alpha value is -0.770. The third-order valence-corrected chi connectivity index (χ3v) is 5.53. The Morgan fingerprint density at radius 3 is 2.33 bits per heavy atom. The van der Waals surface area contributed by atoms with Crippen LogP contribution in [0, 0.1) is 22.7 Å². The van der Waals surface area contributed by atoms with Crippen LogP contribution >= 0.6 is 0 Å². The summed E-state index contributed by atoms with van der Waals surface area (Å²) in [5.41, 5.74) is -0.150. The Kier molecular flexibility index (Phi) is 4.07. The first-order valence-electron chi connectivity index (χ1n) is 8.11. The van der Waals surface area contributed by atoms with Crippen molar-refractivity contribution in [2.45, 2.75) is 60.0 Å². The molecule has 0 aromatic rings. The van der Waals surface area contributed by atoms with Crippen LogP contribution in [0.25, 0.3) is 0 Å². The predicted molar refractivity (Wildman–Crippen MR) is 83.0 cm³/mol. The Morgan fingerprint density at radius 2 is 1.95 bits per heavy atom. The van der Waals surface area contributed by atoms with E-state index in [1.807, 2.05) is 25.7 Å². The summed E-state index contributed by atoms with van der Waals surface area (Å²) in [5, 5.41) is 9.88. The minimum atomic E-state index is -0.442. The summed E-state index contributed by atoms with van der Waals surface area (Å²) in [5.74, 6) is 0.899. The van der Waals surface area contributed by atoms with Crippen LogP contribution in [0.15, 0.2) is 0 Å². The van der Waals surface area contributed by atoms with Gasteiger partial charge in [-0.2, -0.15) is 0 Å². The van der Waals surface area contributed by atoms with Gasteiger partial charge in [-0.05, 0) is 50.9 Å². The molecule has 2 aliphatic rings. The number of aliphatic hydroxyl groups excluding tert-OH is 1. The van der Waals surface area contributed by atoms with Gasteiger partial charge in [-0.1, -0.05) is 20.8 Å². The van der Waals surface area contributed by atoms with E-state index in [-0.39, 0.29) is 23.5 Å². The standard InChI is InChI=1S/C17H31NO3/c1-12-9-18(14(20)21-15(2,3)4)8-7-13(12)17(11-19)10-16(17,5)6/h12-13,19H,7-11H2,1-6H3. The lowest BCUT2D eigenvalue weighted by Crippen LogP contribution is -2.48. The second-order valence-corrected chi connectivity index (χ2v) is 8.67. The van der Waals surface area contributed by atoms with Gasteiger partial charge in [0.2, 0.25) is 0 Å². The van der Waals surface area contributed by atoms with E-state index in [0.29, 0.717) is 11.8 Å². The molecule has 1 amide bonds. The summed E-state index contributed by atoms with van der Waals surface area (Å²) in [6.45, 7) is 14.1. The molecule has 1 N–H and O–H groups in total. The van der Waals surface area contributed by atoms with Crippen molar-refractivity contribution in [1.29, 1.82) is 0 Å². The molecular formula is C17H31NO3. The van der Waals surface area contributed by atoms with Crippen LogP contribution in [0.1, 0.15) is 54.4 Å². The predicted octanol–water partition coefficient (Wildman–Crippen LogP) is 3.29. The van der Waals surface area contributed by atoms with Crippen LogP contribution in [0.2, 0.25) is 0 Å². The number of amides is 1. The van der Waals surface area contributed by atoms with Crippen molar-refractivity contribution < 1.29 is 14.6 Å². The maximum atomic E-state index is 12.2. The van der Waals surface area contributed by atoms with Gasteiger partial charge in [0.05, 0.1) is 0 Å². The van der Waals surface area contributed by atoms with Crippen molar-refractivity contribution in [3.8, 4) is 0 Å². The van der Waals surface area contributed by atoms with Crippen LogP contribution in [0.3, 0.4) is 0 Å². The maximum absolute atomic E-state index is 12.2. The molecule has 1 saturated carbocycles. The summed E-state index contributed by atoms with van der Waals surface area (Å²) in [7, 11) is 0. The topological polar surface area (TPSA) is 49.8 Å². The molecule has 0 radical (unpaired) electrons. The summed E-state index contributed by atoms with van der Waals surface area (Å²) in [6, 6.07) is 0. The zero-order chi connectivity index (χ0) is 16.1. The fourth-order valence-corrected chi connectivity index (χ4v) is 4.22. The van der Waals surface area contributed by atoms with Gasteiger partial charge in [-0.3, -0.25) is 0 Å². The third-order valence-electron chi connectivity index (χ3n) is 5.53. The van der Waals surface area contributed by atoms with Crippen LogP contribution in [-0.2, 0) is 4.74 Å². The number of nitrogens with zero attached hydrogens (tertiary/aromatic N) is 1. The van der Waals surface area contributed by atoms with Crippen molar-refractivity contribution >= 4 is 6.09 Å². The zero-order valence-electron chi connectivity index (χ0n) is 14.4. The Balaban J connectivity index is 1.99. The summed E-state index contributed by atoms with van der Waals surface area (Å²) >= 11 is 0. The molecule has 0 aromatic carbocycles. The number of aliphatic hydroxyl groups is 1. The number of piperidine rings is 1. The average Bonchev–Trinajstić information content (AvgIpc) is 2.90. The van der Waals surface area contributed by atoms with Gasteiger partial charge in [-0.15, -0.1) is 0 Å². The van der Waals surface area contributed by atoms with Gasteiger partial charge in [-0.25, -0.2) is 4.79 Å². The molecule has 2 fully saturated rings. The Bertz CT molecular complexity index is 413. The largest absolute Gasteiger partial charge is 0.444 e. The minimum Gasteiger partial charge on any atom is -0.444 e. The highest BCUT2D eigenvalue weighted by molar-refractivity contribution is 5.68. The van der Waals surface area contributed by atoms with Gasteiger partial charge < -0.3 is 14.7 Å². The molecule has 0 aromatic heterocycles. The van der Waals surface area contributed by atoms with E-state index in [0.717, 1.165) is 25.9 Å². The van der Waals surface area contributed by atoms with Crippen molar-refractivity contribution in [3.63, 3.8) is 0 Å². The first kappa shape index (κ1) is 16.6. The second-order valence-electron chi connectivity index (χ2n) is 8.67. The quantitative estimate of drug-likeness (QED) is 0.851. The lowest BCUT2D eigenvalue weighted by molar-refractivity contribution is -0.00481. The number of rotatable bonds is 2. The third kappa shape index (κ3) is 3.05. The smallest absolute Gasteiger partial charge is 0.410 e. The van der Waals surface area contributed by atoms with Gasteiger partial charge in [0.15, 0.2) is 0 Å². The van der Waals surface area contributed by atoms with Crippen molar-refractivity contribution in [1.82, 2.24) is 4.90 Å². The molecule has 0 spiro atoms. The number of carbonyl (C=O) groups excluding carboxylic acids is 1. The second kappa shape index (κ2) is 5.15. The number of hydrogen-bond acceptors (Lipinski definition) is 3. The normalized spacial score (nSPS) is 35.5. The minimum absolute atomic E-state index is 0.0619. The van der Waals surface area contributed by atoms with Crippen LogP contribution in [0.5, 0.6) is 0 Å². The number of likely N-dealkylation sites (tertiary alicyclic amines) is 1. The van der Waals surface area contributed by atoms with Gasteiger partial charge in [0.25, 0.3) is 0 Å². The van der Waals surface area contributed by atoms with Gasteiger partial charge in [0.1, 0.15) is 5.60 Å². The molecule has 3 unspecified atom stereocenters. The monoisotopic (exact) mass is 297 g/mol. The van der Waals surface area contributed by atoms with Gasteiger partial charge in [0, 0.05) is 25.1 Å². The fourth-order valence-electron chi connectivity index (χ4n) is 4.22. The summed E-state index contributed by atoms with van der Waals surface area (Å²) < 4.78 is 5.47. The number of carbonyl (C=O) groups is 1. The molecule has 2 rings (SSSR count). The van der Waals surface area contributed by atoms with E-state index in [4.69, 9.17) is 4.74 Å². The molecule has 1 saturated heterocycles. The fraction of sp³-hybridized carbons (Fsp3) is 0.941. The van der Waals surface area contributed by atoms with E-state index in [1.165, 1.54) is 0 Å². The van der Waals surface area contributed by atoms with Gasteiger partial charge >= 0.3 is 6.09 Å². The van der Waals surface area contributed by atoms with E-state index in [1.54, 1.807) is 0 Å². The van der Waals surface area contributed by atoms with Crippen molar-refractivity contribution in [2.75, 3.05) is 19.7 Å². The van der Waals surface area contributed by atoms with E-state index < -0.39 is 5.60 Å². The van der Waals surface area contributed by atoms with E-state index in [2.05, 4.69) is 20.8 Å². The number of ether oxygens (including phenoxy) is 1. The SMILES string of the molecule is CC1CN(C(=O)OC(C)(C)C)CCC1C1(CO)CC1(C)C. The maximum Gasteiger partial charge on any atom is 0.410 e. The first-order valence-corrected chi connectivity index (χ1v) is 8.11. The molecule has 1 aliphatic heterocycles. The molecule has 1 heterocycles. The molecule has 4 heteroatoms. The number of hydrogen-bond donors (Lipinski definition) is 1. The zero-order valence-corrected chi connectivity index (χ0v) is 14.4. The van der Waals surface area contributed by atoms with Crippen LogP contribution in [0.4, 0.5) is 4.79 Å². The van der Waals surface area contributed by atoms with Crippen LogP contribution in [-0.4, -0.2) is 41.4 Å². The summed E-state index contributed by atoms with van der Waals surface area (Å²) in [4.78, 5) is 14.0. The van der Waals surface area contributed by atoms with E-state index >= 15 is 0 Å². The average molecular weight is 297 g/mol. The van der Waals surface area contributed by atoms with E-state index in [9.17, 15) is 9.90 Å². The Morgan fingerprint density at radius 1 is 1.38 bits per heavy atom. The van der Waals surface area contributed by atoms with Crippen LogP contribution < -0.4 is 0 Å². The lowest BCUT2D eigenvalue weighted by Gasteiger charge is -2.42. The molecule has 4 nitrogen and oxygen atoms in total. The highest BCUT2D eigenvalue weighted by Gasteiger charge is 2.65. The molecule has 3 atom stereocenters. The molecule has 1 aliphatic carbocycles. The molecule has 21 heavy (non-hydrogen) atoms. The summed E-state index contributed by atoms with van der Waals surface area (Å²) in [6.07, 6.45) is 1.85. The lowest BCUT2D eigenvalue weighted by atomic mass is 9.72. The highest BCUT2D eigenvalue weighted by Crippen LogP contribution is 2.69. The molecule has 122 valence electrons. The highest BCUT2D eigenvalue weighted by atomic mass is 16.6. The molecule has 0 bridgehead atoms. The first-order chi connectivity index (χ1) is 9.52. The van der Waals surface area contributed by atoms with Crippen molar-refractivity contribution in [3.05, 3.63) is 0 Å². The van der Waals surface area contributed by atoms with Crippen molar-refractivity contribution in [2.24, 2.45) is 22.7 Å². The Labute approximate surface area is 128 Å². The molecular weight excluding hydrogens is 266 g/mol.